The summed E-state index contributed by atoms with van der Waals surface area (Å²) in [5, 5.41) is 4.58. The molecule has 5 heteroatoms. The van der Waals surface area contributed by atoms with Gasteiger partial charge in [-0.2, -0.15) is 5.10 Å². The Bertz CT molecular complexity index is 595. The number of aromatic nitrogens is 2. The molecule has 20 heavy (non-hydrogen) atoms. The van der Waals surface area contributed by atoms with Gasteiger partial charge in [-0.05, 0) is 65.8 Å². The molecule has 0 aliphatic carbocycles. The molecule has 0 spiro atoms. The monoisotopic (exact) mass is 447 g/mol. The molecule has 0 saturated heterocycles. The van der Waals surface area contributed by atoms with E-state index in [2.05, 4.69) is 80.3 Å². The fraction of sp³-hybridized carbons (Fsp3) is 0.400. The lowest BCUT2D eigenvalue weighted by Crippen LogP contribution is -2.17. The van der Waals surface area contributed by atoms with Gasteiger partial charge in [0.15, 0.2) is 0 Å². The maximum atomic E-state index is 6.40. The van der Waals surface area contributed by atoms with Gasteiger partial charge in [-0.25, -0.2) is 0 Å². The minimum absolute atomic E-state index is 0.00824. The summed E-state index contributed by atoms with van der Waals surface area (Å²) in [5.41, 5.74) is 9.94. The van der Waals surface area contributed by atoms with E-state index in [0.29, 0.717) is 0 Å². The molecule has 0 amide bonds. The number of nitrogens with zero attached hydrogens (tertiary/aromatic N) is 2. The topological polar surface area (TPSA) is 43.8 Å². The number of hydrogen-bond acceptors (Lipinski definition) is 2. The van der Waals surface area contributed by atoms with Crippen molar-refractivity contribution in [1.82, 2.24) is 9.78 Å². The van der Waals surface area contributed by atoms with Crippen molar-refractivity contribution in [1.29, 1.82) is 0 Å². The predicted octanol–water partition coefficient (Wildman–Crippen LogP) is 4.08. The second kappa shape index (κ2) is 7.04. The molecule has 0 radical (unpaired) electrons. The van der Waals surface area contributed by atoms with Crippen molar-refractivity contribution >= 4 is 38.5 Å². The maximum Gasteiger partial charge on any atom is 0.0624 e. The fourth-order valence-corrected chi connectivity index (χ4v) is 3.37. The first-order chi connectivity index (χ1) is 9.55. The van der Waals surface area contributed by atoms with Gasteiger partial charge in [0.2, 0.25) is 0 Å². The Kier molecular flexibility index (Phi) is 5.63. The molecule has 2 N–H and O–H groups in total. The number of aryl methyl sites for hydroxylation is 2. The van der Waals surface area contributed by atoms with E-state index < -0.39 is 0 Å². The fourth-order valence-electron chi connectivity index (χ4n) is 2.26. The van der Waals surface area contributed by atoms with Gasteiger partial charge in [-0.15, -0.1) is 0 Å². The molecule has 1 aromatic heterocycles. The molecule has 2 aromatic rings. The SMILES string of the molecule is CCc1cc(CC(N)c2cc(Br)ccc2I)n(CC)n1. The third-order valence-electron chi connectivity index (χ3n) is 3.36. The highest BCUT2D eigenvalue weighted by molar-refractivity contribution is 14.1. The van der Waals surface area contributed by atoms with Gasteiger partial charge in [-0.3, -0.25) is 4.68 Å². The molecule has 0 bridgehead atoms. The third kappa shape index (κ3) is 3.62. The van der Waals surface area contributed by atoms with E-state index >= 15 is 0 Å². The molecular formula is C15H19BrIN3. The van der Waals surface area contributed by atoms with Crippen molar-refractivity contribution in [2.24, 2.45) is 5.73 Å². The number of halogens is 2. The number of nitrogens with two attached hydrogens (primary N) is 1. The molecule has 1 aromatic carbocycles. The van der Waals surface area contributed by atoms with Crippen molar-refractivity contribution in [3.05, 3.63) is 49.3 Å². The van der Waals surface area contributed by atoms with Crippen LogP contribution >= 0.6 is 38.5 Å². The van der Waals surface area contributed by atoms with Crippen LogP contribution in [0.3, 0.4) is 0 Å². The smallest absolute Gasteiger partial charge is 0.0624 e. The summed E-state index contributed by atoms with van der Waals surface area (Å²) in [6, 6.07) is 8.41. The number of benzene rings is 1. The molecule has 0 aliphatic rings. The molecule has 108 valence electrons. The zero-order valence-electron chi connectivity index (χ0n) is 11.7. The third-order valence-corrected chi connectivity index (χ3v) is 4.84. The highest BCUT2D eigenvalue weighted by Gasteiger charge is 2.14. The van der Waals surface area contributed by atoms with E-state index in [9.17, 15) is 0 Å². The van der Waals surface area contributed by atoms with Crippen LogP contribution < -0.4 is 5.73 Å². The highest BCUT2D eigenvalue weighted by atomic mass is 127. The average Bonchev–Trinajstić information content (AvgIpc) is 2.83. The van der Waals surface area contributed by atoms with E-state index in [-0.39, 0.29) is 6.04 Å². The molecule has 0 aliphatic heterocycles. The first kappa shape index (κ1) is 16.0. The summed E-state index contributed by atoms with van der Waals surface area (Å²) in [4.78, 5) is 0. The van der Waals surface area contributed by atoms with Crippen molar-refractivity contribution in [2.75, 3.05) is 0 Å². The molecule has 0 fully saturated rings. The molecule has 1 heterocycles. The summed E-state index contributed by atoms with van der Waals surface area (Å²) >= 11 is 5.86. The lowest BCUT2D eigenvalue weighted by molar-refractivity contribution is 0.584. The van der Waals surface area contributed by atoms with Crippen LogP contribution in [0.4, 0.5) is 0 Å². The second-order valence-electron chi connectivity index (χ2n) is 4.77. The lowest BCUT2D eigenvalue weighted by atomic mass is 10.0. The first-order valence-electron chi connectivity index (χ1n) is 6.81. The highest BCUT2D eigenvalue weighted by Crippen LogP contribution is 2.25. The van der Waals surface area contributed by atoms with E-state index in [1.807, 2.05) is 6.07 Å². The van der Waals surface area contributed by atoms with E-state index in [1.54, 1.807) is 0 Å². The Morgan fingerprint density at radius 2 is 2.10 bits per heavy atom. The van der Waals surface area contributed by atoms with E-state index in [4.69, 9.17) is 5.73 Å². The van der Waals surface area contributed by atoms with Crippen LogP contribution in [0.25, 0.3) is 0 Å². The van der Waals surface area contributed by atoms with Gasteiger partial charge in [0.25, 0.3) is 0 Å². The summed E-state index contributed by atoms with van der Waals surface area (Å²) in [6.45, 7) is 5.13. The van der Waals surface area contributed by atoms with E-state index in [1.165, 1.54) is 14.8 Å². The largest absolute Gasteiger partial charge is 0.324 e. The van der Waals surface area contributed by atoms with Crippen molar-refractivity contribution in [3.8, 4) is 0 Å². The Labute approximate surface area is 142 Å². The molecule has 1 atom stereocenters. The number of rotatable bonds is 5. The summed E-state index contributed by atoms with van der Waals surface area (Å²) < 4.78 is 4.34. The summed E-state index contributed by atoms with van der Waals surface area (Å²) in [6.07, 6.45) is 1.77. The normalized spacial score (nSPS) is 12.7. The molecule has 1 unspecified atom stereocenters. The van der Waals surface area contributed by atoms with Gasteiger partial charge in [0.05, 0.1) is 5.69 Å². The standard InChI is InChI=1S/C15H19BrIN3/c1-3-11-8-12(20(4-2)19-11)9-15(18)13-7-10(16)5-6-14(13)17/h5-8,15H,3-4,9,18H2,1-2H3. The van der Waals surface area contributed by atoms with Crippen molar-refractivity contribution in [3.63, 3.8) is 0 Å². The van der Waals surface area contributed by atoms with Crippen LogP contribution in [0.1, 0.15) is 36.8 Å². The van der Waals surface area contributed by atoms with Gasteiger partial charge in [0, 0.05) is 32.7 Å². The van der Waals surface area contributed by atoms with Gasteiger partial charge >= 0.3 is 0 Å². The zero-order valence-corrected chi connectivity index (χ0v) is 15.5. The second-order valence-corrected chi connectivity index (χ2v) is 6.85. The Hall–Kier alpha value is -0.400. The summed E-state index contributed by atoms with van der Waals surface area (Å²) in [7, 11) is 0. The predicted molar refractivity (Wildman–Crippen MR) is 94.8 cm³/mol. The quantitative estimate of drug-likeness (QED) is 0.702. The molecule has 3 nitrogen and oxygen atoms in total. The van der Waals surface area contributed by atoms with Gasteiger partial charge in [0.1, 0.15) is 0 Å². The summed E-state index contributed by atoms with van der Waals surface area (Å²) in [5.74, 6) is 0. The number of hydrogen-bond donors (Lipinski definition) is 1. The maximum absolute atomic E-state index is 6.40. The molecule has 0 saturated carbocycles. The Balaban J connectivity index is 2.24. The van der Waals surface area contributed by atoms with Crippen molar-refractivity contribution < 1.29 is 0 Å². The Morgan fingerprint density at radius 1 is 1.35 bits per heavy atom. The van der Waals surface area contributed by atoms with Crippen LogP contribution in [0.2, 0.25) is 0 Å². The van der Waals surface area contributed by atoms with Crippen LogP contribution in [0, 0.1) is 3.57 Å². The van der Waals surface area contributed by atoms with Crippen LogP contribution in [-0.2, 0) is 19.4 Å². The van der Waals surface area contributed by atoms with Gasteiger partial charge in [-0.1, -0.05) is 22.9 Å². The first-order valence-corrected chi connectivity index (χ1v) is 8.68. The van der Waals surface area contributed by atoms with Crippen LogP contribution in [0.15, 0.2) is 28.7 Å². The minimum atomic E-state index is -0.00824. The van der Waals surface area contributed by atoms with Gasteiger partial charge < -0.3 is 5.73 Å². The average molecular weight is 448 g/mol. The minimum Gasteiger partial charge on any atom is -0.324 e. The van der Waals surface area contributed by atoms with Crippen LogP contribution in [0.5, 0.6) is 0 Å². The molecular weight excluding hydrogens is 429 g/mol. The van der Waals surface area contributed by atoms with Crippen LogP contribution in [-0.4, -0.2) is 9.78 Å². The Morgan fingerprint density at radius 3 is 2.75 bits per heavy atom. The lowest BCUT2D eigenvalue weighted by Gasteiger charge is -2.15. The molecule has 2 rings (SSSR count). The van der Waals surface area contributed by atoms with E-state index in [0.717, 1.165) is 29.6 Å². The zero-order chi connectivity index (χ0) is 14.7. The van der Waals surface area contributed by atoms with Crippen molar-refractivity contribution in [2.45, 2.75) is 39.3 Å².